The molecule has 0 spiro atoms. The van der Waals surface area contributed by atoms with Gasteiger partial charge in [0.15, 0.2) is 16.3 Å². The largest absolute Gasteiger partial charge is 0.503 e. The quantitative estimate of drug-likeness (QED) is 0.270. The molecule has 3 aromatic carbocycles. The Morgan fingerprint density at radius 1 is 1.15 bits per heavy atom. The molecule has 210 valence electrons. The third-order valence-electron chi connectivity index (χ3n) is 6.86. The van der Waals surface area contributed by atoms with Crippen molar-refractivity contribution in [2.24, 2.45) is 4.99 Å². The van der Waals surface area contributed by atoms with E-state index in [-0.39, 0.29) is 23.7 Å². The van der Waals surface area contributed by atoms with Gasteiger partial charge in [0.05, 0.1) is 40.0 Å². The van der Waals surface area contributed by atoms with Gasteiger partial charge in [-0.05, 0) is 63.7 Å². The number of phenols is 1. The number of thiazole rings is 1. The molecule has 0 unspecified atom stereocenters. The number of aromatic nitrogens is 1. The highest BCUT2D eigenvalue weighted by Gasteiger charge is 2.35. The average Bonchev–Trinajstić information content (AvgIpc) is 3.28. The lowest BCUT2D eigenvalue weighted by molar-refractivity contribution is -0.138. The van der Waals surface area contributed by atoms with Crippen LogP contribution in [-0.2, 0) is 9.53 Å². The van der Waals surface area contributed by atoms with Gasteiger partial charge in [0, 0.05) is 5.56 Å². The summed E-state index contributed by atoms with van der Waals surface area (Å²) >= 11 is 4.58. The second-order valence-corrected chi connectivity index (χ2v) is 11.7. The Morgan fingerprint density at radius 3 is 2.49 bits per heavy atom. The van der Waals surface area contributed by atoms with Crippen molar-refractivity contribution in [3.8, 4) is 11.5 Å². The van der Waals surface area contributed by atoms with E-state index >= 15 is 0 Å². The van der Waals surface area contributed by atoms with E-state index in [4.69, 9.17) is 14.5 Å². The summed E-state index contributed by atoms with van der Waals surface area (Å²) < 4.78 is 13.3. The molecule has 0 saturated heterocycles. The van der Waals surface area contributed by atoms with Crippen LogP contribution in [0.5, 0.6) is 11.5 Å². The summed E-state index contributed by atoms with van der Waals surface area (Å²) in [5, 5.41) is 10.2. The number of methoxy groups -OCH3 is 1. The number of fused-ring (bicyclic) bond motifs is 1. The molecule has 0 aliphatic carbocycles. The number of carbonyl (C=O) groups is 1. The van der Waals surface area contributed by atoms with Gasteiger partial charge < -0.3 is 14.6 Å². The molecule has 2 heterocycles. The van der Waals surface area contributed by atoms with Crippen molar-refractivity contribution in [1.29, 1.82) is 0 Å². The number of rotatable bonds is 7. The Bertz CT molecular complexity index is 1820. The van der Waals surface area contributed by atoms with Crippen molar-refractivity contribution in [2.75, 3.05) is 13.7 Å². The second kappa shape index (κ2) is 11.9. The van der Waals surface area contributed by atoms with Crippen molar-refractivity contribution >= 4 is 45.0 Å². The van der Waals surface area contributed by atoms with Gasteiger partial charge in [-0.1, -0.05) is 79.8 Å². The van der Waals surface area contributed by atoms with E-state index < -0.39 is 12.0 Å². The summed E-state index contributed by atoms with van der Waals surface area (Å²) in [6.07, 6.45) is 1.73. The molecule has 4 aromatic rings. The summed E-state index contributed by atoms with van der Waals surface area (Å²) in [5.74, 6) is 0.0575. The highest BCUT2D eigenvalue weighted by atomic mass is 79.9. The number of hydrogen-bond donors (Lipinski definition) is 1. The molecule has 0 bridgehead atoms. The first-order valence-electron chi connectivity index (χ1n) is 13.2. The fourth-order valence-electron chi connectivity index (χ4n) is 4.80. The number of esters is 1. The van der Waals surface area contributed by atoms with Crippen LogP contribution in [0.1, 0.15) is 55.0 Å². The highest BCUT2D eigenvalue weighted by Crippen LogP contribution is 2.37. The standard InChI is InChI=1S/C32H29BrN2O5S/c1-5-40-31(38)26-27(21-9-7-6-8-10-21)34-32-35(28(26)22-13-11-20(12-14-22)18(2)3)30(37)25(41-32)17-19-15-23(33)29(36)24(16-19)39-4/h6-18,28,36H,5H2,1-4H3/b25-17-/t28-/m1/s1. The lowest BCUT2D eigenvalue weighted by Crippen LogP contribution is -2.40. The molecule has 0 amide bonds. The Labute approximate surface area is 249 Å². The number of ether oxygens (including phenoxy) is 2. The summed E-state index contributed by atoms with van der Waals surface area (Å²) in [6, 6.07) is 20.1. The van der Waals surface area contributed by atoms with Gasteiger partial charge in [0.2, 0.25) is 0 Å². The third kappa shape index (κ3) is 5.52. The summed E-state index contributed by atoms with van der Waals surface area (Å²) in [4.78, 5) is 33.0. The molecule has 1 aliphatic rings. The van der Waals surface area contributed by atoms with Gasteiger partial charge >= 0.3 is 5.97 Å². The Kier molecular flexibility index (Phi) is 8.28. The SMILES string of the molecule is CCOC(=O)C1=C(c2ccccc2)N=c2s/c(=C\c3cc(Br)c(O)c(OC)c3)c(=O)n2[C@@H]1c1ccc(C(C)C)cc1. The van der Waals surface area contributed by atoms with E-state index in [1.54, 1.807) is 29.7 Å². The molecule has 41 heavy (non-hydrogen) atoms. The van der Waals surface area contributed by atoms with Crippen LogP contribution in [0.4, 0.5) is 0 Å². The number of carbonyl (C=O) groups excluding carboxylic acids is 1. The molecule has 1 aliphatic heterocycles. The van der Waals surface area contributed by atoms with Crippen molar-refractivity contribution in [2.45, 2.75) is 32.7 Å². The van der Waals surface area contributed by atoms with Gasteiger partial charge in [-0.2, -0.15) is 0 Å². The van der Waals surface area contributed by atoms with Crippen molar-refractivity contribution < 1.29 is 19.4 Å². The van der Waals surface area contributed by atoms with Crippen LogP contribution >= 0.6 is 27.3 Å². The molecule has 0 fully saturated rings. The van der Waals surface area contributed by atoms with Gasteiger partial charge in [0.1, 0.15) is 0 Å². The van der Waals surface area contributed by atoms with Gasteiger partial charge in [-0.25, -0.2) is 9.79 Å². The number of hydrogen-bond acceptors (Lipinski definition) is 7. The predicted molar refractivity (Wildman–Crippen MR) is 164 cm³/mol. The van der Waals surface area contributed by atoms with E-state index in [0.717, 1.165) is 16.7 Å². The molecule has 7 nitrogen and oxygen atoms in total. The fourth-order valence-corrected chi connectivity index (χ4v) is 6.26. The maximum absolute atomic E-state index is 14.1. The zero-order valence-corrected chi connectivity index (χ0v) is 25.5. The zero-order chi connectivity index (χ0) is 29.3. The number of halogens is 1. The number of aromatic hydroxyl groups is 1. The third-order valence-corrected chi connectivity index (χ3v) is 8.45. The Hall–Kier alpha value is -3.95. The summed E-state index contributed by atoms with van der Waals surface area (Å²) in [5.41, 5.74) is 3.84. The minimum absolute atomic E-state index is 0.0254. The highest BCUT2D eigenvalue weighted by molar-refractivity contribution is 9.10. The first-order valence-corrected chi connectivity index (χ1v) is 14.8. The minimum Gasteiger partial charge on any atom is -0.503 e. The fraction of sp³-hybridized carbons (Fsp3) is 0.219. The van der Waals surface area contributed by atoms with Crippen molar-refractivity contribution in [3.05, 3.63) is 119 Å². The monoisotopic (exact) mass is 632 g/mol. The molecular formula is C32H29BrN2O5S. The Balaban J connectivity index is 1.81. The number of nitrogens with zero attached hydrogens (tertiary/aromatic N) is 2. The van der Waals surface area contributed by atoms with Crippen molar-refractivity contribution in [3.63, 3.8) is 0 Å². The second-order valence-electron chi connectivity index (χ2n) is 9.81. The first kappa shape index (κ1) is 28.6. The normalized spacial score (nSPS) is 15.1. The molecular weight excluding hydrogens is 604 g/mol. The van der Waals surface area contributed by atoms with Gasteiger partial charge in [0.25, 0.3) is 5.56 Å². The molecule has 1 aromatic heterocycles. The lowest BCUT2D eigenvalue weighted by Gasteiger charge is -2.26. The van der Waals surface area contributed by atoms with E-state index in [2.05, 4.69) is 29.8 Å². The first-order chi connectivity index (χ1) is 19.7. The van der Waals surface area contributed by atoms with Crippen LogP contribution in [-0.4, -0.2) is 29.4 Å². The molecule has 0 radical (unpaired) electrons. The van der Waals surface area contributed by atoms with Gasteiger partial charge in [-0.15, -0.1) is 0 Å². The maximum atomic E-state index is 14.1. The van der Waals surface area contributed by atoms with Crippen LogP contribution in [0, 0.1) is 0 Å². The molecule has 1 N–H and O–H groups in total. The summed E-state index contributed by atoms with van der Waals surface area (Å²) in [6.45, 7) is 6.18. The van der Waals surface area contributed by atoms with Crippen LogP contribution in [0.25, 0.3) is 11.8 Å². The smallest absolute Gasteiger partial charge is 0.338 e. The van der Waals surface area contributed by atoms with Crippen LogP contribution in [0.2, 0.25) is 0 Å². The van der Waals surface area contributed by atoms with Gasteiger partial charge in [-0.3, -0.25) is 9.36 Å². The zero-order valence-electron chi connectivity index (χ0n) is 23.1. The lowest BCUT2D eigenvalue weighted by atomic mass is 9.91. The molecule has 5 rings (SSSR count). The van der Waals surface area contributed by atoms with Crippen LogP contribution in [0.3, 0.4) is 0 Å². The maximum Gasteiger partial charge on any atom is 0.338 e. The summed E-state index contributed by atoms with van der Waals surface area (Å²) in [7, 11) is 1.46. The molecule has 1 atom stereocenters. The van der Waals surface area contributed by atoms with Crippen LogP contribution in [0.15, 0.2) is 86.6 Å². The van der Waals surface area contributed by atoms with E-state index in [0.29, 0.717) is 36.6 Å². The molecule has 9 heteroatoms. The topological polar surface area (TPSA) is 90.1 Å². The Morgan fingerprint density at radius 2 is 1.85 bits per heavy atom. The number of phenolic OH excluding ortho intramolecular Hbond substituents is 1. The predicted octanol–water partition coefficient (Wildman–Crippen LogP) is 5.54. The van der Waals surface area contributed by atoms with Crippen LogP contribution < -0.4 is 19.6 Å². The van der Waals surface area contributed by atoms with E-state index in [1.165, 1.54) is 18.4 Å². The van der Waals surface area contributed by atoms with Crippen molar-refractivity contribution in [1.82, 2.24) is 4.57 Å². The van der Waals surface area contributed by atoms with E-state index in [1.807, 2.05) is 54.6 Å². The molecule has 0 saturated carbocycles. The van der Waals surface area contributed by atoms with E-state index in [9.17, 15) is 14.7 Å². The minimum atomic E-state index is -0.745. The average molecular weight is 634 g/mol. The number of benzene rings is 3.